The van der Waals surface area contributed by atoms with Gasteiger partial charge in [-0.1, -0.05) is 40.2 Å². The number of halogens is 2. The number of carbonyl (C=O) groups excluding carboxylic acids is 3. The summed E-state index contributed by atoms with van der Waals surface area (Å²) in [6, 6.07) is 13.6. The van der Waals surface area contributed by atoms with Crippen LogP contribution in [0.5, 0.6) is 0 Å². The van der Waals surface area contributed by atoms with E-state index in [0.29, 0.717) is 15.7 Å². The molecule has 134 valence electrons. The predicted octanol–water partition coefficient (Wildman–Crippen LogP) is 3.62. The molecule has 8 heteroatoms. The summed E-state index contributed by atoms with van der Waals surface area (Å²) < 4.78 is 1.51. The summed E-state index contributed by atoms with van der Waals surface area (Å²) in [5, 5.41) is 5.37. The van der Waals surface area contributed by atoms with E-state index in [-0.39, 0.29) is 6.54 Å². The lowest BCUT2D eigenvalue weighted by Gasteiger charge is -2.22. The van der Waals surface area contributed by atoms with Crippen LogP contribution < -0.4 is 10.6 Å². The number of hydrogen-bond donors (Lipinski definition) is 2. The molecule has 0 unspecified atom stereocenters. The molecule has 0 spiro atoms. The molecule has 26 heavy (non-hydrogen) atoms. The van der Waals surface area contributed by atoms with Gasteiger partial charge in [0.2, 0.25) is 5.91 Å². The van der Waals surface area contributed by atoms with Gasteiger partial charge in [-0.05, 0) is 52.7 Å². The molecule has 1 saturated heterocycles. The zero-order valence-corrected chi connectivity index (χ0v) is 16.9. The highest BCUT2D eigenvalue weighted by Crippen LogP contribution is 2.30. The fourth-order valence-corrected chi connectivity index (χ4v) is 3.51. The molecule has 0 saturated carbocycles. The minimum Gasteiger partial charge on any atom is -0.324 e. The number of imide groups is 1. The van der Waals surface area contributed by atoms with E-state index in [1.807, 2.05) is 12.1 Å². The van der Waals surface area contributed by atoms with Crippen molar-refractivity contribution in [3.63, 3.8) is 0 Å². The third kappa shape index (κ3) is 3.52. The third-order valence-corrected chi connectivity index (χ3v) is 5.31. The highest BCUT2D eigenvalue weighted by atomic mass is 79.9. The molecule has 0 bridgehead atoms. The van der Waals surface area contributed by atoms with Crippen LogP contribution in [0, 0.1) is 0 Å². The van der Waals surface area contributed by atoms with Gasteiger partial charge in [-0.15, -0.1) is 0 Å². The largest absolute Gasteiger partial charge is 0.325 e. The number of rotatable bonds is 4. The lowest BCUT2D eigenvalue weighted by molar-refractivity contribution is -0.133. The Balaban J connectivity index is 1.77. The van der Waals surface area contributed by atoms with Gasteiger partial charge in [0.05, 0.1) is 5.69 Å². The zero-order chi connectivity index (χ0) is 18.9. The van der Waals surface area contributed by atoms with E-state index in [2.05, 4.69) is 42.5 Å². The van der Waals surface area contributed by atoms with Gasteiger partial charge < -0.3 is 10.6 Å². The van der Waals surface area contributed by atoms with Crippen molar-refractivity contribution in [2.75, 3.05) is 11.9 Å². The first kappa shape index (κ1) is 18.6. The molecule has 2 aromatic rings. The zero-order valence-electron chi connectivity index (χ0n) is 13.8. The van der Waals surface area contributed by atoms with Crippen LogP contribution in [0.2, 0.25) is 0 Å². The van der Waals surface area contributed by atoms with E-state index >= 15 is 0 Å². The molecule has 6 nitrogen and oxygen atoms in total. The number of carbonyl (C=O) groups is 3. The van der Waals surface area contributed by atoms with Gasteiger partial charge in [-0.2, -0.15) is 0 Å². The lowest BCUT2D eigenvalue weighted by atomic mass is 9.92. The summed E-state index contributed by atoms with van der Waals surface area (Å²) in [6.07, 6.45) is 0. The lowest BCUT2D eigenvalue weighted by Crippen LogP contribution is -2.42. The van der Waals surface area contributed by atoms with Crippen molar-refractivity contribution in [3.8, 4) is 0 Å². The number of para-hydroxylation sites is 1. The first-order valence-electron chi connectivity index (χ1n) is 7.76. The Bertz CT molecular complexity index is 903. The summed E-state index contributed by atoms with van der Waals surface area (Å²) in [5.74, 6) is -0.929. The maximum atomic E-state index is 12.8. The molecule has 1 heterocycles. The van der Waals surface area contributed by atoms with Crippen LogP contribution in [0.1, 0.15) is 12.5 Å². The molecule has 2 N–H and O–H groups in total. The Kier molecular flexibility index (Phi) is 5.15. The van der Waals surface area contributed by atoms with Crippen LogP contribution in [0.15, 0.2) is 57.5 Å². The van der Waals surface area contributed by atoms with E-state index < -0.39 is 23.4 Å². The van der Waals surface area contributed by atoms with Crippen LogP contribution in [0.25, 0.3) is 0 Å². The maximum absolute atomic E-state index is 12.8. The van der Waals surface area contributed by atoms with E-state index in [1.54, 1.807) is 43.3 Å². The molecule has 0 aliphatic carbocycles. The van der Waals surface area contributed by atoms with Crippen molar-refractivity contribution in [3.05, 3.63) is 63.0 Å². The standard InChI is InChI=1S/C18H15Br2N3O3/c1-18(11-5-4-6-12(19)9-11)16(25)23(17(26)22-18)10-15(24)21-14-8-3-2-7-13(14)20/h2-9H,10H2,1H3,(H,21,24)(H,22,26)/t18-/m1/s1. The predicted molar refractivity (Wildman–Crippen MR) is 105 cm³/mol. The summed E-state index contributed by atoms with van der Waals surface area (Å²) >= 11 is 6.70. The number of urea groups is 1. The van der Waals surface area contributed by atoms with Gasteiger partial charge in [0.1, 0.15) is 12.1 Å². The number of anilines is 1. The molecule has 1 fully saturated rings. The van der Waals surface area contributed by atoms with Crippen LogP contribution >= 0.6 is 31.9 Å². The molecule has 2 aromatic carbocycles. The number of benzene rings is 2. The Hall–Kier alpha value is -2.19. The van der Waals surface area contributed by atoms with Gasteiger partial charge in [0.15, 0.2) is 0 Å². The Labute approximate surface area is 167 Å². The minimum absolute atomic E-state index is 0.365. The molecular weight excluding hydrogens is 466 g/mol. The van der Waals surface area contributed by atoms with Crippen molar-refractivity contribution < 1.29 is 14.4 Å². The third-order valence-electron chi connectivity index (χ3n) is 4.13. The fraction of sp³-hybridized carbons (Fsp3) is 0.167. The first-order chi connectivity index (χ1) is 12.3. The van der Waals surface area contributed by atoms with E-state index in [9.17, 15) is 14.4 Å². The molecule has 0 aromatic heterocycles. The molecule has 0 radical (unpaired) electrons. The molecule has 1 atom stereocenters. The minimum atomic E-state index is -1.21. The summed E-state index contributed by atoms with van der Waals surface area (Å²) in [6.45, 7) is 1.26. The normalized spacial score (nSPS) is 19.4. The number of amides is 4. The smallest absolute Gasteiger partial charge is 0.324 e. The SMILES string of the molecule is C[C@]1(c2cccc(Br)c2)NC(=O)N(CC(=O)Nc2ccccc2Br)C1=O. The van der Waals surface area contributed by atoms with E-state index in [0.717, 1.165) is 9.37 Å². The Morgan fingerprint density at radius 3 is 2.58 bits per heavy atom. The number of hydrogen-bond acceptors (Lipinski definition) is 3. The van der Waals surface area contributed by atoms with Crippen molar-refractivity contribution >= 4 is 55.4 Å². The molecule has 4 amide bonds. The van der Waals surface area contributed by atoms with Crippen LogP contribution in [0.3, 0.4) is 0 Å². The topological polar surface area (TPSA) is 78.5 Å². The molecule has 3 rings (SSSR count). The van der Waals surface area contributed by atoms with Crippen LogP contribution in [-0.4, -0.2) is 29.3 Å². The highest BCUT2D eigenvalue weighted by molar-refractivity contribution is 9.10. The van der Waals surface area contributed by atoms with E-state index in [4.69, 9.17) is 0 Å². The average Bonchev–Trinajstić information content (AvgIpc) is 2.81. The Morgan fingerprint density at radius 2 is 1.88 bits per heavy atom. The fourth-order valence-electron chi connectivity index (χ4n) is 2.73. The molecule has 1 aliphatic rings. The van der Waals surface area contributed by atoms with Crippen LogP contribution in [-0.2, 0) is 15.1 Å². The van der Waals surface area contributed by atoms with Gasteiger partial charge in [-0.3, -0.25) is 14.5 Å². The van der Waals surface area contributed by atoms with Crippen molar-refractivity contribution in [2.45, 2.75) is 12.5 Å². The van der Waals surface area contributed by atoms with Gasteiger partial charge in [0.25, 0.3) is 5.91 Å². The highest BCUT2D eigenvalue weighted by Gasteiger charge is 2.49. The average molecular weight is 481 g/mol. The second-order valence-corrected chi connectivity index (χ2v) is 7.75. The summed E-state index contributed by atoms with van der Waals surface area (Å²) in [5.41, 5.74) is -0.00711. The van der Waals surface area contributed by atoms with Crippen molar-refractivity contribution in [2.24, 2.45) is 0 Å². The number of nitrogens with zero attached hydrogens (tertiary/aromatic N) is 1. The molecule has 1 aliphatic heterocycles. The van der Waals surface area contributed by atoms with E-state index in [1.165, 1.54) is 0 Å². The second-order valence-electron chi connectivity index (χ2n) is 5.98. The maximum Gasteiger partial charge on any atom is 0.325 e. The van der Waals surface area contributed by atoms with Gasteiger partial charge in [0, 0.05) is 8.95 Å². The monoisotopic (exact) mass is 479 g/mol. The summed E-state index contributed by atoms with van der Waals surface area (Å²) in [4.78, 5) is 38.4. The summed E-state index contributed by atoms with van der Waals surface area (Å²) in [7, 11) is 0. The first-order valence-corrected chi connectivity index (χ1v) is 9.34. The van der Waals surface area contributed by atoms with Crippen LogP contribution in [0.4, 0.5) is 10.5 Å². The second kappa shape index (κ2) is 7.20. The van der Waals surface area contributed by atoms with Crippen molar-refractivity contribution in [1.82, 2.24) is 10.2 Å². The number of nitrogens with one attached hydrogen (secondary N) is 2. The van der Waals surface area contributed by atoms with Crippen molar-refractivity contribution in [1.29, 1.82) is 0 Å². The quantitative estimate of drug-likeness (QED) is 0.656. The Morgan fingerprint density at radius 1 is 1.15 bits per heavy atom. The van der Waals surface area contributed by atoms with Gasteiger partial charge >= 0.3 is 6.03 Å². The van der Waals surface area contributed by atoms with Gasteiger partial charge in [-0.25, -0.2) is 4.79 Å². The molecular formula is C18H15Br2N3O3.